The van der Waals surface area contributed by atoms with E-state index in [0.717, 1.165) is 18.4 Å². The van der Waals surface area contributed by atoms with Gasteiger partial charge in [-0.1, -0.05) is 0 Å². The van der Waals surface area contributed by atoms with Crippen LogP contribution in [0.2, 0.25) is 0 Å². The summed E-state index contributed by atoms with van der Waals surface area (Å²) in [6.07, 6.45) is 4.97. The van der Waals surface area contributed by atoms with Crippen molar-refractivity contribution >= 4 is 40.4 Å². The van der Waals surface area contributed by atoms with E-state index >= 15 is 0 Å². The van der Waals surface area contributed by atoms with Gasteiger partial charge in [-0.25, -0.2) is 0 Å². The topological polar surface area (TPSA) is 37.4 Å². The van der Waals surface area contributed by atoms with Crippen molar-refractivity contribution in [2.75, 3.05) is 11.4 Å². The van der Waals surface area contributed by atoms with Crippen LogP contribution in [0.1, 0.15) is 16.8 Å². The molecule has 0 spiro atoms. The van der Waals surface area contributed by atoms with Gasteiger partial charge in [-0.2, -0.15) is 22.7 Å². The van der Waals surface area contributed by atoms with Crippen LogP contribution in [0.4, 0.5) is 5.69 Å². The Morgan fingerprint density at radius 1 is 1.16 bits per heavy atom. The van der Waals surface area contributed by atoms with Gasteiger partial charge in [0.2, 0.25) is 0 Å². The fourth-order valence-corrected chi connectivity index (χ4v) is 2.80. The van der Waals surface area contributed by atoms with Crippen molar-refractivity contribution in [1.82, 2.24) is 0 Å². The molecule has 0 amide bonds. The number of ketones is 1. The summed E-state index contributed by atoms with van der Waals surface area (Å²) in [5.41, 5.74) is 1.95. The lowest BCUT2D eigenvalue weighted by molar-refractivity contribution is -0.114. The van der Waals surface area contributed by atoms with Crippen LogP contribution in [0, 0.1) is 0 Å². The van der Waals surface area contributed by atoms with Crippen molar-refractivity contribution in [2.45, 2.75) is 6.42 Å². The van der Waals surface area contributed by atoms with Gasteiger partial charge in [0.1, 0.15) is 0 Å². The molecule has 0 saturated carbocycles. The molecule has 0 aromatic carbocycles. The van der Waals surface area contributed by atoms with Crippen LogP contribution in [0.25, 0.3) is 0 Å². The van der Waals surface area contributed by atoms with Crippen molar-refractivity contribution in [3.8, 4) is 0 Å². The number of carbonyl (C=O) groups excluding carboxylic acids is 2. The van der Waals surface area contributed by atoms with Crippen LogP contribution in [-0.4, -0.2) is 18.6 Å². The molecule has 19 heavy (non-hydrogen) atoms. The van der Waals surface area contributed by atoms with E-state index in [1.54, 1.807) is 23.5 Å². The summed E-state index contributed by atoms with van der Waals surface area (Å²) < 4.78 is 0. The molecule has 0 saturated heterocycles. The van der Waals surface area contributed by atoms with E-state index in [-0.39, 0.29) is 5.78 Å². The molecule has 3 heterocycles. The maximum Gasteiger partial charge on any atom is 0.158 e. The lowest BCUT2D eigenvalue weighted by Crippen LogP contribution is -2.23. The summed E-state index contributed by atoms with van der Waals surface area (Å²) in [5.74, 6) is 0.224. The van der Waals surface area contributed by atoms with E-state index in [2.05, 4.69) is 16.3 Å². The molecule has 0 atom stereocenters. The van der Waals surface area contributed by atoms with Gasteiger partial charge < -0.3 is 4.90 Å². The van der Waals surface area contributed by atoms with Gasteiger partial charge >= 0.3 is 0 Å². The maximum absolute atomic E-state index is 10.9. The predicted octanol–water partition coefficient (Wildman–Crippen LogP) is 3.60. The Morgan fingerprint density at radius 2 is 1.95 bits per heavy atom. The minimum atomic E-state index is 0.224. The molecule has 0 N–H and O–H groups in total. The van der Waals surface area contributed by atoms with E-state index in [0.29, 0.717) is 6.42 Å². The smallest absolute Gasteiger partial charge is 0.158 e. The summed E-state index contributed by atoms with van der Waals surface area (Å²) in [5, 5.41) is 7.82. The molecule has 1 aliphatic rings. The fourth-order valence-electron chi connectivity index (χ4n) is 1.54. The third kappa shape index (κ3) is 4.15. The summed E-state index contributed by atoms with van der Waals surface area (Å²) in [6.45, 7) is 0.812. The molecule has 5 heteroatoms. The zero-order valence-electron chi connectivity index (χ0n) is 10.2. The van der Waals surface area contributed by atoms with Crippen LogP contribution < -0.4 is 4.90 Å². The van der Waals surface area contributed by atoms with Crippen molar-refractivity contribution in [3.63, 3.8) is 0 Å². The SMILES string of the molecule is O=C1C=CN(c2ccsc2)CC1.O=Cc1ccsc1. The van der Waals surface area contributed by atoms with Gasteiger partial charge in [0.25, 0.3) is 0 Å². The predicted molar refractivity (Wildman–Crippen MR) is 80.1 cm³/mol. The van der Waals surface area contributed by atoms with Crippen molar-refractivity contribution in [3.05, 3.63) is 51.5 Å². The van der Waals surface area contributed by atoms with E-state index in [4.69, 9.17) is 0 Å². The molecule has 3 nitrogen and oxygen atoms in total. The maximum atomic E-state index is 10.9. The van der Waals surface area contributed by atoms with Crippen LogP contribution in [0.3, 0.4) is 0 Å². The highest BCUT2D eigenvalue weighted by Crippen LogP contribution is 2.20. The van der Waals surface area contributed by atoms with Crippen molar-refractivity contribution in [2.24, 2.45) is 0 Å². The van der Waals surface area contributed by atoms with Gasteiger partial charge in [-0.3, -0.25) is 9.59 Å². The third-order valence-corrected chi connectivity index (χ3v) is 3.93. The second-order valence-corrected chi connectivity index (χ2v) is 5.44. The first-order chi connectivity index (χ1) is 9.29. The number of allylic oxidation sites excluding steroid dienone is 1. The van der Waals surface area contributed by atoms with E-state index in [1.807, 2.05) is 22.3 Å². The van der Waals surface area contributed by atoms with Crippen LogP contribution in [0.5, 0.6) is 0 Å². The van der Waals surface area contributed by atoms with Crippen LogP contribution in [-0.2, 0) is 4.79 Å². The second kappa shape index (κ2) is 7.01. The number of aldehydes is 1. The quantitative estimate of drug-likeness (QED) is 0.793. The van der Waals surface area contributed by atoms with Crippen LogP contribution in [0.15, 0.2) is 45.9 Å². The number of thiophene rings is 2. The summed E-state index contributed by atoms with van der Waals surface area (Å²) >= 11 is 3.21. The van der Waals surface area contributed by atoms with E-state index in [1.165, 1.54) is 17.0 Å². The monoisotopic (exact) mass is 291 g/mol. The minimum absolute atomic E-state index is 0.224. The summed E-state index contributed by atoms with van der Waals surface area (Å²) in [4.78, 5) is 22.8. The Kier molecular flexibility index (Phi) is 5.06. The number of anilines is 1. The minimum Gasteiger partial charge on any atom is -0.347 e. The lowest BCUT2D eigenvalue weighted by atomic mass is 10.2. The zero-order valence-corrected chi connectivity index (χ0v) is 11.8. The molecule has 98 valence electrons. The molecule has 2 aromatic rings. The molecular weight excluding hydrogens is 278 g/mol. The highest BCUT2D eigenvalue weighted by atomic mass is 32.1. The Morgan fingerprint density at radius 3 is 2.42 bits per heavy atom. The number of rotatable bonds is 2. The molecule has 0 radical (unpaired) electrons. The van der Waals surface area contributed by atoms with Gasteiger partial charge in [0, 0.05) is 35.5 Å². The molecule has 2 aromatic heterocycles. The van der Waals surface area contributed by atoms with Crippen molar-refractivity contribution < 1.29 is 9.59 Å². The highest BCUT2D eigenvalue weighted by molar-refractivity contribution is 7.08. The number of hydrogen-bond donors (Lipinski definition) is 0. The average molecular weight is 291 g/mol. The third-order valence-electron chi connectivity index (χ3n) is 2.56. The standard InChI is InChI=1S/C9H9NOS.C5H4OS/c11-9-1-4-10(5-2-9)8-3-6-12-7-8;6-3-5-1-2-7-4-5/h1,3-4,6-7H,2,5H2;1-4H. The molecule has 1 aliphatic heterocycles. The van der Waals surface area contributed by atoms with Crippen LogP contribution >= 0.6 is 22.7 Å². The second-order valence-electron chi connectivity index (χ2n) is 3.88. The molecule has 0 fully saturated rings. The first-order valence-electron chi connectivity index (χ1n) is 5.77. The van der Waals surface area contributed by atoms with Gasteiger partial charge in [-0.05, 0) is 29.0 Å². The molecule has 0 unspecified atom stereocenters. The fraction of sp³-hybridized carbons (Fsp3) is 0.143. The Bertz CT molecular complexity index is 544. The first kappa shape index (κ1) is 13.7. The molecule has 3 rings (SSSR count). The Balaban J connectivity index is 0.000000163. The van der Waals surface area contributed by atoms with Gasteiger partial charge in [-0.15, -0.1) is 0 Å². The summed E-state index contributed by atoms with van der Waals surface area (Å²) in [6, 6.07) is 3.85. The summed E-state index contributed by atoms with van der Waals surface area (Å²) in [7, 11) is 0. The van der Waals surface area contributed by atoms with Gasteiger partial charge in [0.05, 0.1) is 5.69 Å². The Labute approximate surface area is 119 Å². The van der Waals surface area contributed by atoms with E-state index in [9.17, 15) is 9.59 Å². The lowest BCUT2D eigenvalue weighted by Gasteiger charge is -2.20. The number of carbonyl (C=O) groups is 2. The zero-order chi connectivity index (χ0) is 13.5. The van der Waals surface area contributed by atoms with E-state index < -0.39 is 0 Å². The first-order valence-corrected chi connectivity index (χ1v) is 7.65. The molecular formula is C14H13NO2S2. The van der Waals surface area contributed by atoms with Crippen molar-refractivity contribution in [1.29, 1.82) is 0 Å². The van der Waals surface area contributed by atoms with Gasteiger partial charge in [0.15, 0.2) is 12.1 Å². The normalized spacial score (nSPS) is 13.9. The highest BCUT2D eigenvalue weighted by Gasteiger charge is 2.10. The largest absolute Gasteiger partial charge is 0.347 e. The average Bonchev–Trinajstić information content (AvgIpc) is 3.14. The number of hydrogen-bond acceptors (Lipinski definition) is 5. The molecule has 0 aliphatic carbocycles. The Hall–Kier alpha value is -1.72. The number of nitrogens with zero attached hydrogens (tertiary/aromatic N) is 1. The molecule has 0 bridgehead atoms.